The van der Waals surface area contributed by atoms with Gasteiger partial charge in [-0.25, -0.2) is 0 Å². The van der Waals surface area contributed by atoms with Crippen molar-refractivity contribution in [2.45, 2.75) is 39.7 Å². The minimum Gasteiger partial charge on any atom is -0.486 e. The van der Waals surface area contributed by atoms with Crippen molar-refractivity contribution in [3.8, 4) is 5.75 Å². The smallest absolute Gasteiger partial charge is 0.134 e. The Bertz CT molecular complexity index is 421. The number of hydrogen-bond acceptors (Lipinski definition) is 3. The van der Waals surface area contributed by atoms with Crippen molar-refractivity contribution in [2.75, 3.05) is 26.8 Å². The fourth-order valence-corrected chi connectivity index (χ4v) is 2.48. The van der Waals surface area contributed by atoms with E-state index >= 15 is 0 Å². The number of nitrogens with one attached hydrogen (secondary N) is 1. The maximum absolute atomic E-state index is 6.29. The van der Waals surface area contributed by atoms with Gasteiger partial charge in [-0.3, -0.25) is 0 Å². The van der Waals surface area contributed by atoms with Gasteiger partial charge in [-0.1, -0.05) is 32.4 Å². The number of likely N-dealkylation sites (N-methyl/N-ethyl adjacent to an activating group) is 1. The maximum atomic E-state index is 6.29. The summed E-state index contributed by atoms with van der Waals surface area (Å²) in [6.45, 7) is 10.6. The molecule has 3 nitrogen and oxygen atoms in total. The fraction of sp³-hybridized carbons (Fsp3) is 0.625. The molecular weight excluding hydrogens is 274 g/mol. The molecule has 0 heterocycles. The van der Waals surface area contributed by atoms with E-state index in [4.69, 9.17) is 21.1 Å². The Morgan fingerprint density at radius 2 is 2.00 bits per heavy atom. The van der Waals surface area contributed by atoms with Crippen molar-refractivity contribution in [2.24, 2.45) is 0 Å². The normalized spacial score (nSPS) is 12.8. The van der Waals surface area contributed by atoms with Crippen molar-refractivity contribution in [3.63, 3.8) is 0 Å². The van der Waals surface area contributed by atoms with E-state index in [-0.39, 0.29) is 6.10 Å². The predicted octanol–water partition coefficient (Wildman–Crippen LogP) is 3.78. The first kappa shape index (κ1) is 17.3. The van der Waals surface area contributed by atoms with Crippen LogP contribution >= 0.6 is 11.6 Å². The van der Waals surface area contributed by atoms with Crippen molar-refractivity contribution in [1.29, 1.82) is 0 Å². The molecule has 1 N–H and O–H groups in total. The number of benzene rings is 1. The quantitative estimate of drug-likeness (QED) is 0.792. The summed E-state index contributed by atoms with van der Waals surface area (Å²) in [6, 6.07) is 4.03. The predicted molar refractivity (Wildman–Crippen MR) is 85.1 cm³/mol. The third kappa shape index (κ3) is 4.97. The molecule has 0 saturated heterocycles. The lowest BCUT2D eigenvalue weighted by Gasteiger charge is -2.21. The van der Waals surface area contributed by atoms with E-state index in [1.54, 1.807) is 7.11 Å². The van der Waals surface area contributed by atoms with Gasteiger partial charge in [-0.05, 0) is 42.6 Å². The highest BCUT2D eigenvalue weighted by atomic mass is 35.5. The summed E-state index contributed by atoms with van der Waals surface area (Å²) >= 11 is 6.29. The zero-order valence-electron chi connectivity index (χ0n) is 13.1. The number of hydrogen-bond donors (Lipinski definition) is 1. The Kier molecular flexibility index (Phi) is 7.35. The first-order valence-corrected chi connectivity index (χ1v) is 7.53. The van der Waals surface area contributed by atoms with E-state index in [0.29, 0.717) is 12.5 Å². The minimum atomic E-state index is -0.000150. The van der Waals surface area contributed by atoms with E-state index in [2.05, 4.69) is 32.2 Å². The van der Waals surface area contributed by atoms with Crippen LogP contribution < -0.4 is 10.1 Å². The third-order valence-electron chi connectivity index (χ3n) is 3.18. The first-order valence-electron chi connectivity index (χ1n) is 7.15. The van der Waals surface area contributed by atoms with E-state index in [0.717, 1.165) is 35.0 Å². The molecule has 0 radical (unpaired) electrons. The van der Waals surface area contributed by atoms with Crippen molar-refractivity contribution in [1.82, 2.24) is 5.32 Å². The van der Waals surface area contributed by atoms with E-state index in [1.807, 2.05) is 13.0 Å². The van der Waals surface area contributed by atoms with Gasteiger partial charge in [0.05, 0.1) is 6.61 Å². The second-order valence-electron chi connectivity index (χ2n) is 5.30. The molecule has 1 aromatic rings. The average Bonchev–Trinajstić information content (AvgIpc) is 2.38. The van der Waals surface area contributed by atoms with Crippen LogP contribution in [0.3, 0.4) is 0 Å². The second kappa shape index (κ2) is 8.50. The van der Waals surface area contributed by atoms with Crippen LogP contribution in [0, 0.1) is 6.92 Å². The van der Waals surface area contributed by atoms with E-state index in [1.165, 1.54) is 0 Å². The summed E-state index contributed by atoms with van der Waals surface area (Å²) in [5.74, 6) is 1.26. The molecule has 0 aliphatic carbocycles. The van der Waals surface area contributed by atoms with Crippen molar-refractivity contribution < 1.29 is 9.47 Å². The molecular formula is C16H26ClNO2. The van der Waals surface area contributed by atoms with Gasteiger partial charge in [-0.15, -0.1) is 0 Å². The molecule has 0 aromatic heterocycles. The summed E-state index contributed by atoms with van der Waals surface area (Å²) in [5.41, 5.74) is 2.17. The molecule has 0 bridgehead atoms. The molecule has 4 heteroatoms. The Balaban J connectivity index is 2.90. The molecule has 0 amide bonds. The lowest BCUT2D eigenvalue weighted by Crippen LogP contribution is -2.35. The maximum Gasteiger partial charge on any atom is 0.134 e. The Morgan fingerprint density at radius 1 is 1.30 bits per heavy atom. The lowest BCUT2D eigenvalue weighted by atomic mass is 10.0. The first-order chi connectivity index (χ1) is 9.49. The molecule has 0 saturated carbocycles. The number of ether oxygens (including phenoxy) is 2. The average molecular weight is 300 g/mol. The Labute approximate surface area is 127 Å². The van der Waals surface area contributed by atoms with Gasteiger partial charge >= 0.3 is 0 Å². The standard InChI is InChI=1S/C16H26ClNO2/c1-6-18-9-13(10-19-5)20-16-8-14(11(2)3)15(17)7-12(16)4/h7-8,11,13,18H,6,9-10H2,1-5H3. The van der Waals surface area contributed by atoms with Gasteiger partial charge in [0.15, 0.2) is 0 Å². The molecule has 1 aromatic carbocycles. The van der Waals surface area contributed by atoms with Crippen molar-refractivity contribution in [3.05, 3.63) is 28.3 Å². The number of methoxy groups -OCH3 is 1. The van der Waals surface area contributed by atoms with Crippen LogP contribution in [0.5, 0.6) is 5.75 Å². The SMILES string of the molecule is CCNCC(COC)Oc1cc(C(C)C)c(Cl)cc1C. The van der Waals surface area contributed by atoms with Crippen LogP contribution in [0.15, 0.2) is 12.1 Å². The molecule has 20 heavy (non-hydrogen) atoms. The highest BCUT2D eigenvalue weighted by Gasteiger charge is 2.14. The number of rotatable bonds is 8. The highest BCUT2D eigenvalue weighted by molar-refractivity contribution is 6.31. The van der Waals surface area contributed by atoms with Crippen LogP contribution in [0.1, 0.15) is 37.8 Å². The van der Waals surface area contributed by atoms with Crippen LogP contribution in [0.4, 0.5) is 0 Å². The summed E-state index contributed by atoms with van der Waals surface area (Å²) in [7, 11) is 1.69. The third-order valence-corrected chi connectivity index (χ3v) is 3.51. The molecule has 114 valence electrons. The van der Waals surface area contributed by atoms with Crippen LogP contribution in [-0.4, -0.2) is 32.9 Å². The monoisotopic (exact) mass is 299 g/mol. The Morgan fingerprint density at radius 3 is 2.55 bits per heavy atom. The molecule has 0 aliphatic heterocycles. The second-order valence-corrected chi connectivity index (χ2v) is 5.70. The van der Waals surface area contributed by atoms with Crippen LogP contribution in [-0.2, 0) is 4.74 Å². The van der Waals surface area contributed by atoms with E-state index < -0.39 is 0 Å². The largest absolute Gasteiger partial charge is 0.486 e. The zero-order chi connectivity index (χ0) is 15.1. The van der Waals surface area contributed by atoms with E-state index in [9.17, 15) is 0 Å². The highest BCUT2D eigenvalue weighted by Crippen LogP contribution is 2.31. The topological polar surface area (TPSA) is 30.5 Å². The molecule has 1 rings (SSSR count). The molecule has 0 spiro atoms. The van der Waals surface area contributed by atoms with Gasteiger partial charge < -0.3 is 14.8 Å². The molecule has 0 aliphatic rings. The van der Waals surface area contributed by atoms with Crippen LogP contribution in [0.25, 0.3) is 0 Å². The van der Waals surface area contributed by atoms with Gasteiger partial charge in [0.2, 0.25) is 0 Å². The van der Waals surface area contributed by atoms with Crippen molar-refractivity contribution >= 4 is 11.6 Å². The summed E-state index contributed by atoms with van der Waals surface area (Å²) in [5, 5.41) is 4.10. The van der Waals surface area contributed by atoms with Gasteiger partial charge in [-0.2, -0.15) is 0 Å². The lowest BCUT2D eigenvalue weighted by molar-refractivity contribution is 0.0804. The zero-order valence-corrected chi connectivity index (χ0v) is 13.9. The summed E-state index contributed by atoms with van der Waals surface area (Å²) < 4.78 is 11.3. The van der Waals surface area contributed by atoms with Crippen LogP contribution in [0.2, 0.25) is 5.02 Å². The molecule has 1 atom stereocenters. The van der Waals surface area contributed by atoms with Gasteiger partial charge in [0.25, 0.3) is 0 Å². The molecule has 1 unspecified atom stereocenters. The molecule has 0 fully saturated rings. The number of aryl methyl sites for hydroxylation is 1. The summed E-state index contributed by atoms with van der Waals surface area (Å²) in [6.07, 6.45) is -0.000150. The van der Waals surface area contributed by atoms with Gasteiger partial charge in [0, 0.05) is 18.7 Å². The van der Waals surface area contributed by atoms with Gasteiger partial charge in [0.1, 0.15) is 11.9 Å². The minimum absolute atomic E-state index is 0.000150. The number of halogens is 1. The summed E-state index contributed by atoms with van der Waals surface area (Å²) in [4.78, 5) is 0. The fourth-order valence-electron chi connectivity index (χ4n) is 2.04. The Hall–Kier alpha value is -0.770.